The third-order valence-electron chi connectivity index (χ3n) is 2.25. The van der Waals surface area contributed by atoms with Crippen molar-refractivity contribution in [3.63, 3.8) is 0 Å². The third-order valence-corrected chi connectivity index (χ3v) is 2.25. The van der Waals surface area contributed by atoms with Gasteiger partial charge in [-0.05, 0) is 24.5 Å². The van der Waals surface area contributed by atoms with Gasteiger partial charge in [-0.15, -0.1) is 0 Å². The van der Waals surface area contributed by atoms with Gasteiger partial charge < -0.3 is 9.15 Å². The number of hydrogen-bond donors (Lipinski definition) is 0. The molecule has 0 bridgehead atoms. The van der Waals surface area contributed by atoms with Crippen molar-refractivity contribution in [3.8, 4) is 0 Å². The van der Waals surface area contributed by atoms with Crippen molar-refractivity contribution in [1.82, 2.24) is 0 Å². The fourth-order valence-electron chi connectivity index (χ4n) is 1.39. The number of hydrogen-bond acceptors (Lipinski definition) is 3. The van der Waals surface area contributed by atoms with Gasteiger partial charge in [0.15, 0.2) is 0 Å². The van der Waals surface area contributed by atoms with Crippen LogP contribution in [0.15, 0.2) is 46.8 Å². The maximum Gasteiger partial charge on any atom is 0.341 e. The lowest BCUT2D eigenvalue weighted by molar-refractivity contribution is 0.0536. The van der Waals surface area contributed by atoms with Crippen LogP contribution in [0.25, 0.3) is 0 Å². The SMILES string of the molecule is O=C(OCC1=CC=CCC1)c1ccoc1. The largest absolute Gasteiger partial charge is 0.472 e. The highest BCUT2D eigenvalue weighted by Gasteiger charge is 2.09. The predicted molar refractivity (Wildman–Crippen MR) is 55.4 cm³/mol. The molecule has 0 saturated carbocycles. The van der Waals surface area contributed by atoms with Crippen LogP contribution in [-0.2, 0) is 4.74 Å². The van der Waals surface area contributed by atoms with E-state index < -0.39 is 0 Å². The summed E-state index contributed by atoms with van der Waals surface area (Å²) in [5.74, 6) is -0.334. The lowest BCUT2D eigenvalue weighted by atomic mass is 10.1. The Morgan fingerprint density at radius 2 is 2.47 bits per heavy atom. The molecule has 0 unspecified atom stereocenters. The molecule has 3 heteroatoms. The molecule has 78 valence electrons. The van der Waals surface area contributed by atoms with Crippen molar-refractivity contribution >= 4 is 5.97 Å². The Labute approximate surface area is 88.0 Å². The van der Waals surface area contributed by atoms with E-state index in [4.69, 9.17) is 9.15 Å². The predicted octanol–water partition coefficient (Wildman–Crippen LogP) is 2.71. The molecule has 0 atom stereocenters. The van der Waals surface area contributed by atoms with E-state index in [0.29, 0.717) is 12.2 Å². The van der Waals surface area contributed by atoms with E-state index in [2.05, 4.69) is 6.08 Å². The van der Waals surface area contributed by atoms with E-state index in [0.717, 1.165) is 18.4 Å². The molecule has 2 rings (SSSR count). The van der Waals surface area contributed by atoms with Crippen LogP contribution in [0, 0.1) is 0 Å². The lowest BCUT2D eigenvalue weighted by Gasteiger charge is -2.08. The summed E-state index contributed by atoms with van der Waals surface area (Å²) in [5, 5.41) is 0. The zero-order valence-corrected chi connectivity index (χ0v) is 8.31. The Hall–Kier alpha value is -1.77. The molecule has 0 saturated heterocycles. The van der Waals surface area contributed by atoms with Gasteiger partial charge in [-0.25, -0.2) is 4.79 Å². The molecule has 0 aromatic carbocycles. The Bertz CT molecular complexity index is 385. The van der Waals surface area contributed by atoms with Crippen LogP contribution in [0.4, 0.5) is 0 Å². The number of carbonyl (C=O) groups excluding carboxylic acids is 1. The first-order valence-electron chi connectivity index (χ1n) is 4.90. The molecule has 1 aromatic heterocycles. The minimum atomic E-state index is -0.334. The Balaban J connectivity index is 1.86. The summed E-state index contributed by atoms with van der Waals surface area (Å²) in [6, 6.07) is 1.59. The van der Waals surface area contributed by atoms with Crippen LogP contribution >= 0.6 is 0 Å². The second-order valence-electron chi connectivity index (χ2n) is 3.38. The van der Waals surface area contributed by atoms with Gasteiger partial charge >= 0.3 is 5.97 Å². The zero-order valence-electron chi connectivity index (χ0n) is 8.31. The molecule has 0 spiro atoms. The van der Waals surface area contributed by atoms with Gasteiger partial charge in [-0.2, -0.15) is 0 Å². The molecule has 0 fully saturated rings. The van der Waals surface area contributed by atoms with Crippen molar-refractivity contribution in [2.24, 2.45) is 0 Å². The van der Waals surface area contributed by atoms with Crippen molar-refractivity contribution in [1.29, 1.82) is 0 Å². The Morgan fingerprint density at radius 3 is 3.13 bits per heavy atom. The van der Waals surface area contributed by atoms with Crippen LogP contribution in [0.1, 0.15) is 23.2 Å². The molecule has 1 heterocycles. The van der Waals surface area contributed by atoms with E-state index >= 15 is 0 Å². The molecular weight excluding hydrogens is 192 g/mol. The molecule has 3 nitrogen and oxygen atoms in total. The average Bonchev–Trinajstić information content (AvgIpc) is 2.81. The number of ether oxygens (including phenoxy) is 1. The normalized spacial score (nSPS) is 14.8. The van der Waals surface area contributed by atoms with Crippen LogP contribution in [0.2, 0.25) is 0 Å². The lowest BCUT2D eigenvalue weighted by Crippen LogP contribution is -2.07. The molecule has 1 aliphatic carbocycles. The number of esters is 1. The molecule has 1 aromatic rings. The first-order valence-corrected chi connectivity index (χ1v) is 4.90. The second-order valence-corrected chi connectivity index (χ2v) is 3.38. The van der Waals surface area contributed by atoms with Gasteiger partial charge in [-0.1, -0.05) is 18.2 Å². The highest BCUT2D eigenvalue weighted by molar-refractivity contribution is 5.88. The van der Waals surface area contributed by atoms with Crippen LogP contribution in [-0.4, -0.2) is 12.6 Å². The van der Waals surface area contributed by atoms with Gasteiger partial charge in [-0.3, -0.25) is 0 Å². The van der Waals surface area contributed by atoms with Gasteiger partial charge in [0.25, 0.3) is 0 Å². The molecule has 1 aliphatic rings. The van der Waals surface area contributed by atoms with E-state index in [1.54, 1.807) is 6.07 Å². The van der Waals surface area contributed by atoms with Gasteiger partial charge in [0.1, 0.15) is 12.9 Å². The van der Waals surface area contributed by atoms with Gasteiger partial charge in [0.2, 0.25) is 0 Å². The Kier molecular flexibility index (Phi) is 3.02. The highest BCUT2D eigenvalue weighted by Crippen LogP contribution is 2.12. The highest BCUT2D eigenvalue weighted by atomic mass is 16.5. The van der Waals surface area contributed by atoms with Crippen molar-refractivity contribution < 1.29 is 13.9 Å². The zero-order chi connectivity index (χ0) is 10.5. The minimum absolute atomic E-state index is 0.334. The topological polar surface area (TPSA) is 39.4 Å². The maximum absolute atomic E-state index is 11.4. The average molecular weight is 204 g/mol. The molecule has 0 aliphatic heterocycles. The van der Waals surface area contributed by atoms with Crippen molar-refractivity contribution in [3.05, 3.63) is 48.0 Å². The molecule has 0 radical (unpaired) electrons. The van der Waals surface area contributed by atoms with Crippen molar-refractivity contribution in [2.75, 3.05) is 6.61 Å². The van der Waals surface area contributed by atoms with Crippen LogP contribution in [0.3, 0.4) is 0 Å². The molecule has 15 heavy (non-hydrogen) atoms. The molecule has 0 amide bonds. The molecule has 0 N–H and O–H groups in total. The fourth-order valence-corrected chi connectivity index (χ4v) is 1.39. The van der Waals surface area contributed by atoms with Gasteiger partial charge in [0, 0.05) is 0 Å². The summed E-state index contributed by atoms with van der Waals surface area (Å²) in [6.45, 7) is 0.369. The van der Waals surface area contributed by atoms with Gasteiger partial charge in [0.05, 0.1) is 11.8 Å². The van der Waals surface area contributed by atoms with E-state index in [9.17, 15) is 4.79 Å². The van der Waals surface area contributed by atoms with Crippen LogP contribution < -0.4 is 0 Å². The number of carbonyl (C=O) groups is 1. The summed E-state index contributed by atoms with van der Waals surface area (Å²) in [7, 11) is 0. The van der Waals surface area contributed by atoms with E-state index in [1.807, 2.05) is 12.2 Å². The fraction of sp³-hybridized carbons (Fsp3) is 0.250. The number of furan rings is 1. The van der Waals surface area contributed by atoms with E-state index in [-0.39, 0.29) is 5.97 Å². The monoisotopic (exact) mass is 204 g/mol. The summed E-state index contributed by atoms with van der Waals surface area (Å²) in [4.78, 5) is 11.4. The summed E-state index contributed by atoms with van der Waals surface area (Å²) < 4.78 is 9.93. The summed E-state index contributed by atoms with van der Waals surface area (Å²) in [6.07, 6.45) is 10.9. The first kappa shape index (κ1) is 9.77. The maximum atomic E-state index is 11.4. The summed E-state index contributed by atoms with van der Waals surface area (Å²) in [5.41, 5.74) is 1.61. The second kappa shape index (κ2) is 4.64. The molecular formula is C12H12O3. The third kappa shape index (κ3) is 2.59. The van der Waals surface area contributed by atoms with Crippen molar-refractivity contribution in [2.45, 2.75) is 12.8 Å². The standard InChI is InChI=1S/C12H12O3/c13-12(11-6-7-14-9-11)15-8-10-4-2-1-3-5-10/h1-2,4,6-7,9H,3,5,8H2. The quantitative estimate of drug-likeness (QED) is 0.710. The smallest absolute Gasteiger partial charge is 0.341 e. The van der Waals surface area contributed by atoms with E-state index in [1.165, 1.54) is 12.5 Å². The first-order chi connectivity index (χ1) is 7.36. The number of allylic oxidation sites excluding steroid dienone is 3. The number of rotatable bonds is 3. The van der Waals surface area contributed by atoms with Crippen LogP contribution in [0.5, 0.6) is 0 Å². The summed E-state index contributed by atoms with van der Waals surface area (Å²) >= 11 is 0. The Morgan fingerprint density at radius 1 is 1.53 bits per heavy atom. The minimum Gasteiger partial charge on any atom is -0.472 e.